The second kappa shape index (κ2) is 5.28. The molecule has 58 valence electrons. The van der Waals surface area contributed by atoms with Crippen molar-refractivity contribution in [2.45, 2.75) is 19.4 Å². The molecule has 0 saturated heterocycles. The summed E-state index contributed by atoms with van der Waals surface area (Å²) in [5.74, 6) is 2.53. The molecule has 0 aliphatic carbocycles. The molecular formula is C8H15NO. The van der Waals surface area contributed by atoms with Crippen LogP contribution in [0, 0.1) is 12.3 Å². The number of terminal acetylenes is 1. The average Bonchev–Trinajstić information content (AvgIpc) is 1.91. The topological polar surface area (TPSA) is 23.5 Å². The zero-order valence-electron chi connectivity index (χ0n) is 6.67. The first kappa shape index (κ1) is 9.48. The zero-order chi connectivity index (χ0) is 7.98. The second-order valence-electron chi connectivity index (χ2n) is 2.36. The molecule has 10 heavy (non-hydrogen) atoms. The van der Waals surface area contributed by atoms with Crippen LogP contribution in [0.25, 0.3) is 0 Å². The predicted molar refractivity (Wildman–Crippen MR) is 42.6 cm³/mol. The Morgan fingerprint density at radius 2 is 2.30 bits per heavy atom. The van der Waals surface area contributed by atoms with Crippen LogP contribution in [-0.2, 0) is 0 Å². The fraction of sp³-hybridized carbons (Fsp3) is 0.750. The first-order valence-electron chi connectivity index (χ1n) is 3.50. The summed E-state index contributed by atoms with van der Waals surface area (Å²) < 4.78 is 0. The van der Waals surface area contributed by atoms with Crippen molar-refractivity contribution < 1.29 is 5.11 Å². The van der Waals surface area contributed by atoms with Gasteiger partial charge in [-0.3, -0.25) is 4.90 Å². The number of aliphatic hydroxyl groups excluding tert-OH is 1. The molecule has 2 nitrogen and oxygen atoms in total. The number of rotatable bonds is 4. The van der Waals surface area contributed by atoms with Crippen molar-refractivity contribution in [1.29, 1.82) is 0 Å². The lowest BCUT2D eigenvalue weighted by Crippen LogP contribution is -2.34. The number of aliphatic hydroxyl groups is 1. The summed E-state index contributed by atoms with van der Waals surface area (Å²) in [6.07, 6.45) is 6.04. The molecule has 0 spiro atoms. The molecule has 0 bridgehead atoms. The van der Waals surface area contributed by atoms with Crippen LogP contribution in [0.5, 0.6) is 0 Å². The van der Waals surface area contributed by atoms with E-state index in [0.717, 1.165) is 6.42 Å². The van der Waals surface area contributed by atoms with Gasteiger partial charge >= 0.3 is 0 Å². The lowest BCUT2D eigenvalue weighted by atomic mass is 10.2. The van der Waals surface area contributed by atoms with Crippen molar-refractivity contribution in [1.82, 2.24) is 4.90 Å². The standard InChI is InChI=1S/C8H15NO/c1-4-6-9(3)8(5-2)7-10/h1,8,10H,5-7H2,2-3H3. The van der Waals surface area contributed by atoms with Crippen molar-refractivity contribution in [3.05, 3.63) is 0 Å². The molecule has 0 aliphatic heterocycles. The van der Waals surface area contributed by atoms with Gasteiger partial charge < -0.3 is 5.11 Å². The third-order valence-electron chi connectivity index (χ3n) is 1.65. The molecule has 0 fully saturated rings. The summed E-state index contributed by atoms with van der Waals surface area (Å²) in [6, 6.07) is 0.219. The molecule has 1 atom stereocenters. The van der Waals surface area contributed by atoms with Crippen LogP contribution >= 0.6 is 0 Å². The first-order valence-corrected chi connectivity index (χ1v) is 3.50. The van der Waals surface area contributed by atoms with Gasteiger partial charge in [0.25, 0.3) is 0 Å². The highest BCUT2D eigenvalue weighted by molar-refractivity contribution is 4.88. The summed E-state index contributed by atoms with van der Waals surface area (Å²) in [7, 11) is 1.92. The molecule has 0 aromatic rings. The van der Waals surface area contributed by atoms with Crippen molar-refractivity contribution in [3.63, 3.8) is 0 Å². The van der Waals surface area contributed by atoms with Crippen LogP contribution in [0.1, 0.15) is 13.3 Å². The van der Waals surface area contributed by atoms with Gasteiger partial charge in [0.2, 0.25) is 0 Å². The summed E-state index contributed by atoms with van der Waals surface area (Å²) in [6.45, 7) is 2.83. The quantitative estimate of drug-likeness (QED) is 0.570. The van der Waals surface area contributed by atoms with E-state index in [0.29, 0.717) is 6.54 Å². The predicted octanol–water partition coefficient (Wildman–Crippen LogP) is 0.322. The normalized spacial score (nSPS) is 13.1. The van der Waals surface area contributed by atoms with Gasteiger partial charge in [0, 0.05) is 6.04 Å². The molecule has 0 amide bonds. The van der Waals surface area contributed by atoms with E-state index in [-0.39, 0.29) is 12.6 Å². The molecule has 0 aromatic carbocycles. The molecule has 0 heterocycles. The van der Waals surface area contributed by atoms with E-state index in [9.17, 15) is 0 Å². The van der Waals surface area contributed by atoms with Crippen LogP contribution in [0.2, 0.25) is 0 Å². The van der Waals surface area contributed by atoms with Crippen LogP contribution in [-0.4, -0.2) is 36.2 Å². The van der Waals surface area contributed by atoms with E-state index in [4.69, 9.17) is 11.5 Å². The van der Waals surface area contributed by atoms with Crippen LogP contribution < -0.4 is 0 Å². The van der Waals surface area contributed by atoms with E-state index in [1.165, 1.54) is 0 Å². The van der Waals surface area contributed by atoms with Crippen molar-refractivity contribution in [3.8, 4) is 12.3 Å². The van der Waals surface area contributed by atoms with Gasteiger partial charge in [-0.2, -0.15) is 0 Å². The monoisotopic (exact) mass is 141 g/mol. The molecule has 2 heteroatoms. The SMILES string of the molecule is C#CCN(C)C(CC)CO. The Morgan fingerprint density at radius 3 is 2.60 bits per heavy atom. The molecule has 0 saturated carbocycles. The van der Waals surface area contributed by atoms with E-state index in [2.05, 4.69) is 5.92 Å². The van der Waals surface area contributed by atoms with Gasteiger partial charge in [-0.05, 0) is 13.5 Å². The van der Waals surface area contributed by atoms with Crippen molar-refractivity contribution in [2.24, 2.45) is 0 Å². The minimum absolute atomic E-state index is 0.189. The summed E-state index contributed by atoms with van der Waals surface area (Å²) >= 11 is 0. The number of nitrogens with zero attached hydrogens (tertiary/aromatic N) is 1. The van der Waals surface area contributed by atoms with Crippen LogP contribution in [0.3, 0.4) is 0 Å². The Labute approximate surface area is 62.8 Å². The zero-order valence-corrected chi connectivity index (χ0v) is 6.67. The highest BCUT2D eigenvalue weighted by atomic mass is 16.3. The lowest BCUT2D eigenvalue weighted by molar-refractivity contribution is 0.155. The second-order valence-corrected chi connectivity index (χ2v) is 2.36. The summed E-state index contributed by atoms with van der Waals surface area (Å²) in [4.78, 5) is 1.97. The molecule has 0 aromatic heterocycles. The third kappa shape index (κ3) is 2.86. The first-order chi connectivity index (χ1) is 4.76. The average molecular weight is 141 g/mol. The molecule has 0 rings (SSSR count). The van der Waals surface area contributed by atoms with Crippen LogP contribution in [0.4, 0.5) is 0 Å². The van der Waals surface area contributed by atoms with E-state index >= 15 is 0 Å². The Bertz CT molecular complexity index is 113. The third-order valence-corrected chi connectivity index (χ3v) is 1.65. The number of likely N-dealkylation sites (N-methyl/N-ethyl adjacent to an activating group) is 1. The lowest BCUT2D eigenvalue weighted by Gasteiger charge is -2.22. The van der Waals surface area contributed by atoms with Crippen LogP contribution in [0.15, 0.2) is 0 Å². The van der Waals surface area contributed by atoms with E-state index in [1.807, 2.05) is 18.9 Å². The van der Waals surface area contributed by atoms with Gasteiger partial charge in [0.15, 0.2) is 0 Å². The Hall–Kier alpha value is -0.520. The Kier molecular flexibility index (Phi) is 5.00. The number of hydrogen-bond donors (Lipinski definition) is 1. The fourth-order valence-electron chi connectivity index (χ4n) is 0.853. The molecule has 1 unspecified atom stereocenters. The van der Waals surface area contributed by atoms with Gasteiger partial charge in [-0.15, -0.1) is 6.42 Å². The van der Waals surface area contributed by atoms with E-state index in [1.54, 1.807) is 0 Å². The van der Waals surface area contributed by atoms with Gasteiger partial charge in [0.05, 0.1) is 13.2 Å². The van der Waals surface area contributed by atoms with Gasteiger partial charge in [-0.25, -0.2) is 0 Å². The van der Waals surface area contributed by atoms with E-state index < -0.39 is 0 Å². The maximum atomic E-state index is 8.81. The summed E-state index contributed by atoms with van der Waals surface area (Å²) in [5.41, 5.74) is 0. The van der Waals surface area contributed by atoms with Crippen molar-refractivity contribution in [2.75, 3.05) is 20.2 Å². The molecule has 0 radical (unpaired) electrons. The summed E-state index contributed by atoms with van der Waals surface area (Å²) in [5, 5.41) is 8.81. The highest BCUT2D eigenvalue weighted by Gasteiger charge is 2.08. The molecule has 1 N–H and O–H groups in total. The van der Waals surface area contributed by atoms with Crippen molar-refractivity contribution >= 4 is 0 Å². The largest absolute Gasteiger partial charge is 0.395 e. The highest BCUT2D eigenvalue weighted by Crippen LogP contribution is 1.98. The smallest absolute Gasteiger partial charge is 0.0599 e. The maximum Gasteiger partial charge on any atom is 0.0599 e. The minimum Gasteiger partial charge on any atom is -0.395 e. The fourth-order valence-corrected chi connectivity index (χ4v) is 0.853. The Morgan fingerprint density at radius 1 is 1.70 bits per heavy atom. The molecule has 0 aliphatic rings. The Balaban J connectivity index is 3.66. The molecular weight excluding hydrogens is 126 g/mol. The number of hydrogen-bond acceptors (Lipinski definition) is 2. The van der Waals surface area contributed by atoms with Gasteiger partial charge in [0.1, 0.15) is 0 Å². The maximum absolute atomic E-state index is 8.81. The van der Waals surface area contributed by atoms with Gasteiger partial charge in [-0.1, -0.05) is 12.8 Å². The minimum atomic E-state index is 0.189.